The summed E-state index contributed by atoms with van der Waals surface area (Å²) in [5, 5.41) is 3.77. The van der Waals surface area contributed by atoms with Gasteiger partial charge in [0.15, 0.2) is 5.75 Å². The number of hydrogen-bond acceptors (Lipinski definition) is 2. The second kappa shape index (κ2) is 3.72. The number of aryl methyl sites for hydroxylation is 1. The van der Waals surface area contributed by atoms with Gasteiger partial charge in [0.1, 0.15) is 0 Å². The zero-order chi connectivity index (χ0) is 9.90. The van der Waals surface area contributed by atoms with E-state index in [0.29, 0.717) is 6.54 Å². The molecule has 0 saturated heterocycles. The lowest BCUT2D eigenvalue weighted by Crippen LogP contribution is -2.25. The van der Waals surface area contributed by atoms with E-state index in [1.807, 2.05) is 6.92 Å². The Kier molecular flexibility index (Phi) is 2.85. The van der Waals surface area contributed by atoms with Crippen LogP contribution in [0.2, 0.25) is 0 Å². The van der Waals surface area contributed by atoms with Crippen LogP contribution in [0.25, 0.3) is 0 Å². The molecule has 0 bridgehead atoms. The summed E-state index contributed by atoms with van der Waals surface area (Å²) < 4.78 is 41.2. The molecule has 0 atom stereocenters. The molecule has 0 unspecified atom stereocenters. The summed E-state index contributed by atoms with van der Waals surface area (Å²) in [6, 6.07) is 0. The van der Waals surface area contributed by atoms with Crippen LogP contribution in [0, 0.1) is 0 Å². The summed E-state index contributed by atoms with van der Waals surface area (Å²) in [4.78, 5) is 0. The van der Waals surface area contributed by atoms with E-state index in [2.05, 4.69) is 9.84 Å². The van der Waals surface area contributed by atoms with Gasteiger partial charge < -0.3 is 17.7 Å². The minimum absolute atomic E-state index is 0.154. The van der Waals surface area contributed by atoms with Crippen LogP contribution in [-0.4, -0.2) is 23.3 Å². The van der Waals surface area contributed by atoms with Crippen LogP contribution in [0.3, 0.4) is 0 Å². The second-order valence-electron chi connectivity index (χ2n) is 2.55. The van der Waals surface area contributed by atoms with Gasteiger partial charge in [-0.3, -0.25) is 4.68 Å². The average Bonchev–Trinajstić information content (AvgIpc) is 2.47. The van der Waals surface area contributed by atoms with Gasteiger partial charge in [0, 0.05) is 6.54 Å². The molecule has 7 heteroatoms. The second-order valence-corrected chi connectivity index (χ2v) is 2.55. The molecule has 3 nitrogen and oxygen atoms in total. The highest BCUT2D eigenvalue weighted by Gasteiger charge is 2.24. The van der Waals surface area contributed by atoms with E-state index in [4.69, 9.17) is 0 Å². The Morgan fingerprint density at radius 3 is 2.69 bits per heavy atom. The van der Waals surface area contributed by atoms with E-state index in [0.717, 1.165) is 0 Å². The van der Waals surface area contributed by atoms with Crippen molar-refractivity contribution in [3.8, 4) is 5.75 Å². The van der Waals surface area contributed by atoms with Gasteiger partial charge in [-0.2, -0.15) is 5.10 Å². The molecule has 0 aliphatic rings. The standard InChI is InChI=1S/C6H9BF3N2O/c1-2-12-4-6(3-11-12)13-5-7(8,9)10/h3-4H,2,5H2,1H3/q-1. The first-order chi connectivity index (χ1) is 6.01. The van der Waals surface area contributed by atoms with Crippen LogP contribution in [0.4, 0.5) is 12.9 Å². The van der Waals surface area contributed by atoms with Crippen molar-refractivity contribution < 1.29 is 17.7 Å². The summed E-state index contributed by atoms with van der Waals surface area (Å²) in [6.45, 7) is -3.65. The van der Waals surface area contributed by atoms with E-state index in [1.165, 1.54) is 17.1 Å². The number of rotatable bonds is 4. The van der Waals surface area contributed by atoms with Crippen molar-refractivity contribution in [2.45, 2.75) is 13.5 Å². The highest BCUT2D eigenvalue weighted by atomic mass is 19.4. The van der Waals surface area contributed by atoms with Gasteiger partial charge in [-0.05, 0) is 6.92 Å². The van der Waals surface area contributed by atoms with E-state index in [9.17, 15) is 12.9 Å². The van der Waals surface area contributed by atoms with Crippen molar-refractivity contribution in [1.82, 2.24) is 9.78 Å². The number of hydrogen-bond donors (Lipinski definition) is 0. The van der Waals surface area contributed by atoms with Crippen LogP contribution in [0.1, 0.15) is 6.92 Å². The molecule has 13 heavy (non-hydrogen) atoms. The van der Waals surface area contributed by atoms with Crippen molar-refractivity contribution >= 4 is 6.98 Å². The summed E-state index contributed by atoms with van der Waals surface area (Å²) in [7, 11) is 0. The van der Waals surface area contributed by atoms with Crippen molar-refractivity contribution in [2.24, 2.45) is 0 Å². The third kappa shape index (κ3) is 3.39. The summed E-state index contributed by atoms with van der Waals surface area (Å²) >= 11 is 0. The summed E-state index contributed by atoms with van der Waals surface area (Å²) in [6.07, 6.45) is 2.70. The Labute approximate surface area is 73.5 Å². The molecular weight excluding hydrogens is 184 g/mol. The van der Waals surface area contributed by atoms with Crippen molar-refractivity contribution in [3.63, 3.8) is 0 Å². The number of nitrogens with zero attached hydrogens (tertiary/aromatic N) is 2. The molecule has 1 aromatic heterocycles. The number of aromatic nitrogens is 2. The molecule has 0 fully saturated rings. The Bertz CT molecular complexity index is 273. The van der Waals surface area contributed by atoms with Gasteiger partial charge in [0.2, 0.25) is 0 Å². The highest BCUT2D eigenvalue weighted by Crippen LogP contribution is 2.13. The average molecular weight is 193 g/mol. The minimum atomic E-state index is -4.88. The molecular formula is C6H9BF3N2O-. The first-order valence-corrected chi connectivity index (χ1v) is 3.87. The molecule has 0 aromatic carbocycles. The van der Waals surface area contributed by atoms with Gasteiger partial charge in [-0.15, -0.1) is 0 Å². The number of ether oxygens (including phenoxy) is 1. The lowest BCUT2D eigenvalue weighted by Gasteiger charge is -2.13. The molecule has 1 rings (SSSR count). The normalized spacial score (nSPS) is 11.7. The molecule has 1 heterocycles. The predicted molar refractivity (Wildman–Crippen MR) is 42.5 cm³/mol. The Morgan fingerprint density at radius 1 is 1.54 bits per heavy atom. The van der Waals surface area contributed by atoms with E-state index in [1.54, 1.807) is 0 Å². The Morgan fingerprint density at radius 2 is 2.23 bits per heavy atom. The van der Waals surface area contributed by atoms with Gasteiger partial charge in [0.05, 0.1) is 18.9 Å². The van der Waals surface area contributed by atoms with Gasteiger partial charge in [-0.1, -0.05) is 0 Å². The topological polar surface area (TPSA) is 27.1 Å². The van der Waals surface area contributed by atoms with Crippen molar-refractivity contribution in [3.05, 3.63) is 12.4 Å². The molecule has 0 amide bonds. The lowest BCUT2D eigenvalue weighted by molar-refractivity contribution is 0.313. The van der Waals surface area contributed by atoms with E-state index >= 15 is 0 Å². The SMILES string of the molecule is CCn1cc(OC[B-](F)(F)F)cn1. The first-order valence-electron chi connectivity index (χ1n) is 3.87. The predicted octanol–water partition coefficient (Wildman–Crippen LogP) is 1.67. The molecule has 0 saturated carbocycles. The summed E-state index contributed by atoms with van der Waals surface area (Å²) in [5.41, 5.74) is 0. The maximum absolute atomic E-state index is 11.7. The van der Waals surface area contributed by atoms with Gasteiger partial charge in [-0.25, -0.2) is 0 Å². The number of halogens is 3. The van der Waals surface area contributed by atoms with Crippen LogP contribution >= 0.6 is 0 Å². The van der Waals surface area contributed by atoms with Crippen LogP contribution in [0.5, 0.6) is 5.75 Å². The molecule has 0 aliphatic heterocycles. The lowest BCUT2D eigenvalue weighted by atomic mass is 9.95. The van der Waals surface area contributed by atoms with E-state index in [-0.39, 0.29) is 5.75 Å². The fourth-order valence-corrected chi connectivity index (χ4v) is 0.783. The van der Waals surface area contributed by atoms with Gasteiger partial charge >= 0.3 is 6.98 Å². The third-order valence-electron chi connectivity index (χ3n) is 1.37. The quantitative estimate of drug-likeness (QED) is 0.680. The zero-order valence-electron chi connectivity index (χ0n) is 7.08. The highest BCUT2D eigenvalue weighted by molar-refractivity contribution is 6.58. The molecule has 74 valence electrons. The third-order valence-corrected chi connectivity index (χ3v) is 1.37. The molecule has 0 radical (unpaired) electrons. The molecule has 0 aliphatic carbocycles. The molecule has 1 aromatic rings. The van der Waals surface area contributed by atoms with E-state index < -0.39 is 13.5 Å². The summed E-state index contributed by atoms with van der Waals surface area (Å²) in [5.74, 6) is 0.154. The van der Waals surface area contributed by atoms with Crippen molar-refractivity contribution in [2.75, 3.05) is 6.51 Å². The zero-order valence-corrected chi connectivity index (χ0v) is 7.08. The Balaban J connectivity index is 2.46. The van der Waals surface area contributed by atoms with Crippen LogP contribution in [-0.2, 0) is 6.54 Å². The largest absolute Gasteiger partial charge is 0.519 e. The Hall–Kier alpha value is -1.14. The molecule has 0 N–H and O–H groups in total. The fourth-order valence-electron chi connectivity index (χ4n) is 0.783. The van der Waals surface area contributed by atoms with Crippen LogP contribution < -0.4 is 4.74 Å². The van der Waals surface area contributed by atoms with Gasteiger partial charge in [0.25, 0.3) is 0 Å². The minimum Gasteiger partial charge on any atom is -0.519 e. The first kappa shape index (κ1) is 9.95. The molecule has 0 spiro atoms. The van der Waals surface area contributed by atoms with Crippen molar-refractivity contribution in [1.29, 1.82) is 0 Å². The maximum atomic E-state index is 11.7. The smallest absolute Gasteiger partial charge is 0.515 e. The monoisotopic (exact) mass is 193 g/mol. The van der Waals surface area contributed by atoms with Crippen LogP contribution in [0.15, 0.2) is 12.4 Å². The maximum Gasteiger partial charge on any atom is 0.515 e. The fraction of sp³-hybridized carbons (Fsp3) is 0.500.